The van der Waals surface area contributed by atoms with E-state index in [-0.39, 0.29) is 34.7 Å². The van der Waals surface area contributed by atoms with Gasteiger partial charge in [-0.25, -0.2) is 4.79 Å². The van der Waals surface area contributed by atoms with E-state index in [1.54, 1.807) is 4.90 Å². The molecular formula is C22H36N2O4. The zero-order valence-electron chi connectivity index (χ0n) is 18.0. The summed E-state index contributed by atoms with van der Waals surface area (Å²) in [6.07, 6.45) is 5.94. The number of likely N-dealkylation sites (tertiary alicyclic amines) is 1. The quantitative estimate of drug-likeness (QED) is 0.534. The number of carbonyl (C=O) groups excluding carboxylic acids is 3. The number of hydrogen-bond donors (Lipinski definition) is 1. The third-order valence-electron chi connectivity index (χ3n) is 8.51. The molecule has 1 saturated heterocycles. The number of ether oxygens (including phenoxy) is 1. The van der Waals surface area contributed by atoms with Gasteiger partial charge in [-0.15, -0.1) is 0 Å². The highest BCUT2D eigenvalue weighted by atomic mass is 16.5. The Kier molecular flexibility index (Phi) is 5.79. The van der Waals surface area contributed by atoms with Crippen LogP contribution < -0.4 is 5.32 Å². The van der Waals surface area contributed by atoms with Gasteiger partial charge in [0.1, 0.15) is 18.2 Å². The van der Waals surface area contributed by atoms with Gasteiger partial charge in [-0.1, -0.05) is 41.0 Å². The molecular weight excluding hydrogens is 356 g/mol. The van der Waals surface area contributed by atoms with Gasteiger partial charge in [0.25, 0.3) is 0 Å². The predicted octanol–water partition coefficient (Wildman–Crippen LogP) is 2.90. The number of nitrogens with zero attached hydrogens (tertiary/aromatic N) is 1. The van der Waals surface area contributed by atoms with Crippen LogP contribution in [-0.2, 0) is 19.1 Å². The lowest BCUT2D eigenvalue weighted by Crippen LogP contribution is -2.53. The molecule has 28 heavy (non-hydrogen) atoms. The number of rotatable bonds is 7. The molecule has 2 aliphatic carbocycles. The Morgan fingerprint density at radius 1 is 1.29 bits per heavy atom. The summed E-state index contributed by atoms with van der Waals surface area (Å²) in [5.41, 5.74) is 0.192. The van der Waals surface area contributed by atoms with E-state index in [4.69, 9.17) is 4.74 Å². The second kappa shape index (κ2) is 7.68. The second-order valence-electron chi connectivity index (χ2n) is 9.87. The van der Waals surface area contributed by atoms with E-state index in [1.807, 2.05) is 13.8 Å². The van der Waals surface area contributed by atoms with Crippen LogP contribution in [0.15, 0.2) is 0 Å². The number of carbonyl (C=O) groups is 3. The minimum absolute atomic E-state index is 0.0130. The van der Waals surface area contributed by atoms with Crippen LogP contribution in [0, 0.1) is 22.7 Å². The lowest BCUT2D eigenvalue weighted by Gasteiger charge is -2.39. The molecule has 3 aliphatic rings. The molecule has 2 bridgehead atoms. The number of hydrogen-bond acceptors (Lipinski definition) is 4. The molecule has 3 fully saturated rings. The molecule has 0 aromatic carbocycles. The Bertz CT molecular complexity index is 634. The molecule has 3 rings (SSSR count). The Labute approximate surface area is 168 Å². The molecule has 0 radical (unpaired) electrons. The van der Waals surface area contributed by atoms with Crippen LogP contribution in [0.25, 0.3) is 0 Å². The van der Waals surface area contributed by atoms with Crippen molar-refractivity contribution in [3.63, 3.8) is 0 Å². The van der Waals surface area contributed by atoms with Crippen molar-refractivity contribution in [3.05, 3.63) is 0 Å². The summed E-state index contributed by atoms with van der Waals surface area (Å²) in [4.78, 5) is 38.8. The van der Waals surface area contributed by atoms with E-state index >= 15 is 0 Å². The van der Waals surface area contributed by atoms with Crippen molar-refractivity contribution >= 4 is 18.3 Å². The predicted molar refractivity (Wildman–Crippen MR) is 106 cm³/mol. The second-order valence-corrected chi connectivity index (χ2v) is 9.87. The lowest BCUT2D eigenvalue weighted by molar-refractivity contribution is -0.165. The smallest absolute Gasteiger partial charge is 0.329 e. The molecule has 6 heteroatoms. The SMILES string of the molecule is CCC(C)C(NC=O)C(=O)N1CCCC1C(=O)OC1CC2CCC1(C)C2(C)C. The molecule has 2 saturated carbocycles. The molecule has 0 spiro atoms. The molecule has 158 valence electrons. The minimum Gasteiger partial charge on any atom is -0.460 e. The average Bonchev–Trinajstić information content (AvgIpc) is 3.28. The fraction of sp³-hybridized carbons (Fsp3) is 0.864. The van der Waals surface area contributed by atoms with E-state index < -0.39 is 12.1 Å². The fourth-order valence-corrected chi connectivity index (χ4v) is 5.77. The largest absolute Gasteiger partial charge is 0.460 e. The van der Waals surface area contributed by atoms with Crippen molar-refractivity contribution < 1.29 is 19.1 Å². The highest BCUT2D eigenvalue weighted by Crippen LogP contribution is 2.66. The van der Waals surface area contributed by atoms with Crippen LogP contribution in [0.1, 0.15) is 73.1 Å². The first-order chi connectivity index (χ1) is 13.2. The average molecular weight is 393 g/mol. The lowest BCUT2D eigenvalue weighted by atomic mass is 9.70. The van der Waals surface area contributed by atoms with E-state index in [9.17, 15) is 14.4 Å². The zero-order chi connectivity index (χ0) is 20.7. The van der Waals surface area contributed by atoms with Crippen molar-refractivity contribution in [1.82, 2.24) is 10.2 Å². The number of amides is 2. The van der Waals surface area contributed by atoms with E-state index in [2.05, 4.69) is 26.1 Å². The standard InChI is InChI=1S/C22H36N2O4/c1-6-14(2)18(23-13-25)19(26)24-11-7-8-16(24)20(27)28-17-12-15-9-10-22(17,5)21(15,3)4/h13-18H,6-12H2,1-5H3,(H,23,25). The Morgan fingerprint density at radius 3 is 2.54 bits per heavy atom. The highest BCUT2D eigenvalue weighted by Gasteiger charge is 2.63. The molecule has 0 aromatic heterocycles. The summed E-state index contributed by atoms with van der Waals surface area (Å²) in [7, 11) is 0. The monoisotopic (exact) mass is 392 g/mol. The van der Waals surface area contributed by atoms with Crippen LogP contribution >= 0.6 is 0 Å². The molecule has 0 aromatic rings. The normalized spacial score (nSPS) is 35.5. The van der Waals surface area contributed by atoms with Crippen molar-refractivity contribution in [2.24, 2.45) is 22.7 Å². The molecule has 1 aliphatic heterocycles. The number of esters is 1. The van der Waals surface area contributed by atoms with Crippen LogP contribution in [-0.4, -0.2) is 47.9 Å². The van der Waals surface area contributed by atoms with E-state index in [1.165, 1.54) is 6.42 Å². The van der Waals surface area contributed by atoms with Gasteiger partial charge >= 0.3 is 5.97 Å². The first-order valence-electron chi connectivity index (χ1n) is 10.9. The van der Waals surface area contributed by atoms with Gasteiger partial charge in [-0.2, -0.15) is 0 Å². The van der Waals surface area contributed by atoms with Crippen LogP contribution in [0.5, 0.6) is 0 Å². The molecule has 1 heterocycles. The van der Waals surface area contributed by atoms with Crippen LogP contribution in [0.3, 0.4) is 0 Å². The fourth-order valence-electron chi connectivity index (χ4n) is 5.77. The van der Waals surface area contributed by atoms with Crippen LogP contribution in [0.4, 0.5) is 0 Å². The molecule has 6 atom stereocenters. The minimum atomic E-state index is -0.588. The maximum absolute atomic E-state index is 13.1. The summed E-state index contributed by atoms with van der Waals surface area (Å²) in [5, 5.41) is 2.66. The van der Waals surface area contributed by atoms with Gasteiger partial charge in [0.2, 0.25) is 12.3 Å². The Balaban J connectivity index is 1.70. The Hall–Kier alpha value is -1.59. The summed E-state index contributed by atoms with van der Waals surface area (Å²) >= 11 is 0. The molecule has 6 nitrogen and oxygen atoms in total. The highest BCUT2D eigenvalue weighted by molar-refractivity contribution is 5.89. The van der Waals surface area contributed by atoms with Crippen molar-refractivity contribution in [1.29, 1.82) is 0 Å². The van der Waals surface area contributed by atoms with E-state index in [0.29, 0.717) is 25.3 Å². The van der Waals surface area contributed by atoms with Crippen molar-refractivity contribution in [2.75, 3.05) is 6.54 Å². The zero-order valence-corrected chi connectivity index (χ0v) is 18.0. The summed E-state index contributed by atoms with van der Waals surface area (Å²) < 4.78 is 6.05. The number of nitrogens with one attached hydrogen (secondary N) is 1. The maximum Gasteiger partial charge on any atom is 0.329 e. The third kappa shape index (κ3) is 3.22. The van der Waals surface area contributed by atoms with Gasteiger partial charge in [-0.3, -0.25) is 9.59 Å². The summed E-state index contributed by atoms with van der Waals surface area (Å²) in [6.45, 7) is 11.3. The first-order valence-corrected chi connectivity index (χ1v) is 10.9. The van der Waals surface area contributed by atoms with Crippen molar-refractivity contribution in [2.45, 2.75) is 91.3 Å². The molecule has 1 N–H and O–H groups in total. The van der Waals surface area contributed by atoms with Crippen molar-refractivity contribution in [3.8, 4) is 0 Å². The van der Waals surface area contributed by atoms with Crippen LogP contribution in [0.2, 0.25) is 0 Å². The third-order valence-corrected chi connectivity index (χ3v) is 8.51. The van der Waals surface area contributed by atoms with Gasteiger partial charge in [0.15, 0.2) is 0 Å². The van der Waals surface area contributed by atoms with Gasteiger partial charge in [0.05, 0.1) is 0 Å². The van der Waals surface area contributed by atoms with E-state index in [0.717, 1.165) is 25.7 Å². The first kappa shape index (κ1) is 21.1. The van der Waals surface area contributed by atoms with Gasteiger partial charge in [-0.05, 0) is 49.4 Å². The summed E-state index contributed by atoms with van der Waals surface area (Å²) in [5.74, 6) is 0.179. The van der Waals surface area contributed by atoms with Gasteiger partial charge in [0, 0.05) is 12.0 Å². The Morgan fingerprint density at radius 2 is 2.00 bits per heavy atom. The van der Waals surface area contributed by atoms with Gasteiger partial charge < -0.3 is 15.0 Å². The number of fused-ring (bicyclic) bond motifs is 2. The topological polar surface area (TPSA) is 75.7 Å². The molecule has 2 amide bonds. The molecule has 6 unspecified atom stereocenters. The maximum atomic E-state index is 13.1. The summed E-state index contributed by atoms with van der Waals surface area (Å²) in [6, 6.07) is -1.12.